The largest absolute Gasteiger partial charge is 0.379 e. The Hall–Kier alpha value is -1.93. The molecule has 0 aromatic carbocycles. The van der Waals surface area contributed by atoms with Crippen molar-refractivity contribution in [1.82, 2.24) is 19.5 Å². The third-order valence-electron chi connectivity index (χ3n) is 3.35. The number of nitrogens with two attached hydrogens (primary N) is 1. The molecule has 2 unspecified atom stereocenters. The Morgan fingerprint density at radius 1 is 1.60 bits per heavy atom. The minimum atomic E-state index is -0.338. The Morgan fingerprint density at radius 2 is 2.45 bits per heavy atom. The lowest BCUT2D eigenvalue weighted by atomic mass is 10.2. The van der Waals surface area contributed by atoms with E-state index in [1.54, 1.807) is 10.9 Å². The number of hydrogen-bond acceptors (Lipinski definition) is 6. The molecular weight excluding hydrogens is 262 g/mol. The number of anilines is 1. The summed E-state index contributed by atoms with van der Waals surface area (Å²) in [5, 5.41) is 0. The Bertz CT molecular complexity index is 665. The van der Waals surface area contributed by atoms with Crippen molar-refractivity contribution in [1.29, 1.82) is 0 Å². The standard InChI is InChI=1S/C12H17N5O3/c1-2-19-5-7-3-4-8(20-7)17-6-14-9-10(17)15-12(13)16-11(9)18/h6-8H,2-5H2,1H3,(H3,13,15,16,18). The van der Waals surface area contributed by atoms with E-state index >= 15 is 0 Å². The van der Waals surface area contributed by atoms with E-state index in [1.165, 1.54) is 0 Å². The first-order valence-corrected chi connectivity index (χ1v) is 6.64. The van der Waals surface area contributed by atoms with Gasteiger partial charge in [-0.1, -0.05) is 0 Å². The van der Waals surface area contributed by atoms with Gasteiger partial charge in [0.25, 0.3) is 5.56 Å². The average Bonchev–Trinajstić information content (AvgIpc) is 3.02. The molecule has 0 spiro atoms. The van der Waals surface area contributed by atoms with Crippen molar-refractivity contribution < 1.29 is 9.47 Å². The van der Waals surface area contributed by atoms with Crippen molar-refractivity contribution in [3.63, 3.8) is 0 Å². The molecular formula is C12H17N5O3. The third kappa shape index (κ3) is 2.27. The Balaban J connectivity index is 1.87. The number of fused-ring (bicyclic) bond motifs is 1. The summed E-state index contributed by atoms with van der Waals surface area (Å²) < 4.78 is 13.0. The van der Waals surface area contributed by atoms with Crippen LogP contribution >= 0.6 is 0 Å². The molecule has 3 N–H and O–H groups in total. The normalized spacial score (nSPS) is 22.6. The molecule has 0 aliphatic carbocycles. The van der Waals surface area contributed by atoms with Gasteiger partial charge in [-0.2, -0.15) is 4.98 Å². The van der Waals surface area contributed by atoms with Crippen molar-refractivity contribution in [2.45, 2.75) is 32.1 Å². The van der Waals surface area contributed by atoms with E-state index in [-0.39, 0.29) is 29.4 Å². The molecule has 2 aromatic rings. The van der Waals surface area contributed by atoms with E-state index in [0.29, 0.717) is 18.9 Å². The lowest BCUT2D eigenvalue weighted by molar-refractivity contribution is -0.0377. The number of aromatic nitrogens is 4. The lowest BCUT2D eigenvalue weighted by Crippen LogP contribution is -2.17. The Kier molecular flexibility index (Phi) is 3.41. The minimum Gasteiger partial charge on any atom is -0.379 e. The quantitative estimate of drug-likeness (QED) is 0.839. The molecule has 1 aliphatic rings. The zero-order valence-electron chi connectivity index (χ0n) is 11.2. The fraction of sp³-hybridized carbons (Fsp3) is 0.583. The number of H-pyrrole nitrogens is 1. The highest BCUT2D eigenvalue weighted by Crippen LogP contribution is 2.30. The molecule has 3 heterocycles. The average molecular weight is 279 g/mol. The number of imidazole rings is 1. The molecule has 8 heteroatoms. The van der Waals surface area contributed by atoms with E-state index in [1.807, 2.05) is 6.92 Å². The predicted molar refractivity (Wildman–Crippen MR) is 72.2 cm³/mol. The van der Waals surface area contributed by atoms with Crippen molar-refractivity contribution in [2.75, 3.05) is 18.9 Å². The van der Waals surface area contributed by atoms with Gasteiger partial charge in [0.2, 0.25) is 5.95 Å². The van der Waals surface area contributed by atoms with E-state index in [2.05, 4.69) is 15.0 Å². The van der Waals surface area contributed by atoms with Gasteiger partial charge in [-0.05, 0) is 19.8 Å². The molecule has 2 aromatic heterocycles. The van der Waals surface area contributed by atoms with Gasteiger partial charge in [0, 0.05) is 6.61 Å². The summed E-state index contributed by atoms with van der Waals surface area (Å²) in [6, 6.07) is 0. The molecule has 0 saturated carbocycles. The predicted octanol–water partition coefficient (Wildman–Crippen LogP) is 0.416. The highest BCUT2D eigenvalue weighted by molar-refractivity contribution is 5.70. The molecule has 2 atom stereocenters. The molecule has 0 radical (unpaired) electrons. The second-order valence-electron chi connectivity index (χ2n) is 4.72. The maximum Gasteiger partial charge on any atom is 0.280 e. The molecule has 1 aliphatic heterocycles. The third-order valence-corrected chi connectivity index (χ3v) is 3.35. The van der Waals surface area contributed by atoms with Crippen LogP contribution in [-0.2, 0) is 9.47 Å². The monoisotopic (exact) mass is 279 g/mol. The topological polar surface area (TPSA) is 108 Å². The van der Waals surface area contributed by atoms with E-state index < -0.39 is 0 Å². The molecule has 3 rings (SSSR count). The first kappa shape index (κ1) is 13.1. The van der Waals surface area contributed by atoms with Crippen LogP contribution in [0.25, 0.3) is 11.2 Å². The number of nitrogens with zero attached hydrogens (tertiary/aromatic N) is 3. The second-order valence-corrected chi connectivity index (χ2v) is 4.72. The zero-order chi connectivity index (χ0) is 14.1. The van der Waals surface area contributed by atoms with Crippen LogP contribution < -0.4 is 11.3 Å². The fourth-order valence-corrected chi connectivity index (χ4v) is 2.42. The summed E-state index contributed by atoms with van der Waals surface area (Å²) in [5.74, 6) is 0.0770. The maximum atomic E-state index is 11.7. The van der Waals surface area contributed by atoms with Crippen LogP contribution in [0.15, 0.2) is 11.1 Å². The van der Waals surface area contributed by atoms with E-state index in [4.69, 9.17) is 15.2 Å². The molecule has 20 heavy (non-hydrogen) atoms. The van der Waals surface area contributed by atoms with Gasteiger partial charge in [0.1, 0.15) is 6.23 Å². The summed E-state index contributed by atoms with van der Waals surface area (Å²) in [4.78, 5) is 22.4. The van der Waals surface area contributed by atoms with Gasteiger partial charge < -0.3 is 15.2 Å². The van der Waals surface area contributed by atoms with Gasteiger partial charge in [0.15, 0.2) is 11.2 Å². The maximum absolute atomic E-state index is 11.7. The highest BCUT2D eigenvalue weighted by atomic mass is 16.5. The van der Waals surface area contributed by atoms with Crippen LogP contribution in [0.3, 0.4) is 0 Å². The first-order valence-electron chi connectivity index (χ1n) is 6.64. The summed E-state index contributed by atoms with van der Waals surface area (Å²) in [6.07, 6.45) is 3.19. The van der Waals surface area contributed by atoms with Gasteiger partial charge in [0.05, 0.1) is 19.0 Å². The zero-order valence-corrected chi connectivity index (χ0v) is 11.2. The van der Waals surface area contributed by atoms with Crippen LogP contribution in [0.4, 0.5) is 5.95 Å². The number of nitrogens with one attached hydrogen (secondary N) is 1. The number of hydrogen-bond donors (Lipinski definition) is 2. The van der Waals surface area contributed by atoms with Crippen molar-refractivity contribution in [2.24, 2.45) is 0 Å². The molecule has 108 valence electrons. The van der Waals surface area contributed by atoms with Gasteiger partial charge in [-0.25, -0.2) is 4.98 Å². The summed E-state index contributed by atoms with van der Waals surface area (Å²) >= 11 is 0. The van der Waals surface area contributed by atoms with Crippen molar-refractivity contribution in [3.05, 3.63) is 16.7 Å². The lowest BCUT2D eigenvalue weighted by Gasteiger charge is -2.15. The fourth-order valence-electron chi connectivity index (χ4n) is 2.42. The molecule has 1 fully saturated rings. The summed E-state index contributed by atoms with van der Waals surface area (Å²) in [5.41, 5.74) is 5.96. The number of aromatic amines is 1. The Labute approximate surface area is 114 Å². The molecule has 1 saturated heterocycles. The molecule has 0 amide bonds. The molecule has 8 nitrogen and oxygen atoms in total. The van der Waals surface area contributed by atoms with E-state index in [9.17, 15) is 4.79 Å². The smallest absolute Gasteiger partial charge is 0.280 e. The van der Waals surface area contributed by atoms with Crippen LogP contribution in [0.5, 0.6) is 0 Å². The Morgan fingerprint density at radius 3 is 3.25 bits per heavy atom. The first-order chi connectivity index (χ1) is 9.69. The summed E-state index contributed by atoms with van der Waals surface area (Å²) in [7, 11) is 0. The van der Waals surface area contributed by atoms with Gasteiger partial charge in [-0.3, -0.25) is 14.3 Å². The number of ether oxygens (including phenoxy) is 2. The van der Waals surface area contributed by atoms with Crippen LogP contribution in [0.1, 0.15) is 26.0 Å². The highest BCUT2D eigenvalue weighted by Gasteiger charge is 2.28. The van der Waals surface area contributed by atoms with Gasteiger partial charge in [-0.15, -0.1) is 0 Å². The van der Waals surface area contributed by atoms with E-state index in [0.717, 1.165) is 12.8 Å². The van der Waals surface area contributed by atoms with Crippen molar-refractivity contribution >= 4 is 17.1 Å². The van der Waals surface area contributed by atoms with Crippen LogP contribution in [-0.4, -0.2) is 38.8 Å². The number of nitrogen functional groups attached to an aromatic ring is 1. The molecule has 0 bridgehead atoms. The number of rotatable bonds is 4. The van der Waals surface area contributed by atoms with Crippen LogP contribution in [0.2, 0.25) is 0 Å². The van der Waals surface area contributed by atoms with Crippen LogP contribution in [0, 0.1) is 0 Å². The second kappa shape index (κ2) is 5.22. The van der Waals surface area contributed by atoms with Crippen molar-refractivity contribution in [3.8, 4) is 0 Å². The minimum absolute atomic E-state index is 0.0664. The summed E-state index contributed by atoms with van der Waals surface area (Å²) in [6.45, 7) is 3.20. The van der Waals surface area contributed by atoms with Gasteiger partial charge >= 0.3 is 0 Å². The SMILES string of the molecule is CCOCC1CCC(n2cnc3c(=O)[nH]c(N)nc32)O1.